The van der Waals surface area contributed by atoms with Gasteiger partial charge in [-0.15, -0.1) is 0 Å². The Bertz CT molecular complexity index is 313. The lowest BCUT2D eigenvalue weighted by atomic mass is 10.2. The molecule has 4 heteroatoms. The minimum atomic E-state index is -0.931. The zero-order valence-corrected chi connectivity index (χ0v) is 10.8. The average Bonchev–Trinajstić information content (AvgIpc) is 2.32. The molecule has 0 aliphatic carbocycles. The third kappa shape index (κ3) is 6.58. The molecule has 1 aromatic rings. The highest BCUT2D eigenvalue weighted by Crippen LogP contribution is 2.04. The summed E-state index contributed by atoms with van der Waals surface area (Å²) >= 11 is 0. The summed E-state index contributed by atoms with van der Waals surface area (Å²) in [5.41, 5.74) is 6.17. The molecule has 0 saturated heterocycles. The van der Waals surface area contributed by atoms with Crippen molar-refractivity contribution < 1.29 is 9.90 Å². The lowest BCUT2D eigenvalue weighted by molar-refractivity contribution is 0.0697. The molecule has 0 aromatic heterocycles. The molecule has 3 N–H and O–H groups in total. The number of carbonyl (C=O) groups is 1. The molecule has 0 heterocycles. The molecule has 0 aliphatic heterocycles. The molecule has 1 rings (SSSR count). The maximum absolute atomic E-state index is 10.3. The van der Waals surface area contributed by atoms with E-state index >= 15 is 0 Å². The fourth-order valence-electron chi connectivity index (χ4n) is 1.30. The highest BCUT2D eigenvalue weighted by atomic mass is 16.4. The fraction of sp³-hybridized carbons (Fsp3) is 0.462. The molecule has 0 fully saturated rings. The predicted molar refractivity (Wildman–Crippen MR) is 71.3 cm³/mol. The lowest BCUT2D eigenvalue weighted by Crippen LogP contribution is -2.21. The Hall–Kier alpha value is -1.55. The average molecular weight is 238 g/mol. The molecule has 0 unspecified atom stereocenters. The van der Waals surface area contributed by atoms with Gasteiger partial charge in [0.05, 0.1) is 5.56 Å². The second-order valence-corrected chi connectivity index (χ2v) is 3.55. The number of nitrogens with zero attached hydrogens (tertiary/aromatic N) is 1. The molecule has 0 aliphatic rings. The Balaban J connectivity index is 0.000000325. The van der Waals surface area contributed by atoms with Gasteiger partial charge in [0.2, 0.25) is 0 Å². The van der Waals surface area contributed by atoms with Gasteiger partial charge in [0.25, 0.3) is 0 Å². The summed E-state index contributed by atoms with van der Waals surface area (Å²) in [5, 5.41) is 8.43. The first-order chi connectivity index (χ1) is 8.04. The normalized spacial score (nSPS) is 9.65. The molecule has 4 nitrogen and oxygen atoms in total. The van der Waals surface area contributed by atoms with Gasteiger partial charge in [-0.25, -0.2) is 4.79 Å². The number of rotatable bonds is 4. The summed E-state index contributed by atoms with van der Waals surface area (Å²) in [6, 6.07) is 6.06. The zero-order valence-electron chi connectivity index (χ0n) is 10.8. The molecular formula is C13H22N2O2. The Morgan fingerprint density at radius 3 is 1.76 bits per heavy atom. The third-order valence-corrected chi connectivity index (χ3v) is 2.50. The van der Waals surface area contributed by atoms with Crippen LogP contribution in [0.5, 0.6) is 0 Å². The molecule has 17 heavy (non-hydrogen) atoms. The first kappa shape index (κ1) is 15.4. The molecule has 0 atom stereocenters. The van der Waals surface area contributed by atoms with Crippen LogP contribution in [0.25, 0.3) is 0 Å². The summed E-state index contributed by atoms with van der Waals surface area (Å²) in [6.07, 6.45) is 0. The van der Waals surface area contributed by atoms with Crippen molar-refractivity contribution in [2.45, 2.75) is 20.8 Å². The highest BCUT2D eigenvalue weighted by molar-refractivity contribution is 5.87. The maximum atomic E-state index is 10.3. The van der Waals surface area contributed by atoms with Crippen LogP contribution in [0.2, 0.25) is 0 Å². The number of aromatic carboxylic acids is 1. The first-order valence-electron chi connectivity index (χ1n) is 5.86. The number of carboxylic acids is 1. The van der Waals surface area contributed by atoms with Crippen molar-refractivity contribution in [1.82, 2.24) is 4.90 Å². The summed E-state index contributed by atoms with van der Waals surface area (Å²) < 4.78 is 0. The van der Waals surface area contributed by atoms with E-state index < -0.39 is 5.97 Å². The van der Waals surface area contributed by atoms with Crippen LogP contribution in [0.1, 0.15) is 31.1 Å². The second-order valence-electron chi connectivity index (χ2n) is 3.55. The minimum absolute atomic E-state index is 0.259. The van der Waals surface area contributed by atoms with E-state index in [1.807, 2.05) is 0 Å². The first-order valence-corrected chi connectivity index (χ1v) is 5.86. The number of carboxylic acid groups (broad SMARTS) is 1. The van der Waals surface area contributed by atoms with E-state index in [0.717, 1.165) is 0 Å². The van der Waals surface area contributed by atoms with Crippen LogP contribution in [-0.2, 0) is 0 Å². The SMILES string of the molecule is CCN(CC)CC.Nc1ccc(C(=O)O)cc1. The number of benzene rings is 1. The number of hydrogen-bond donors (Lipinski definition) is 2. The number of hydrogen-bond acceptors (Lipinski definition) is 3. The minimum Gasteiger partial charge on any atom is -0.478 e. The van der Waals surface area contributed by atoms with Crippen molar-refractivity contribution in [3.8, 4) is 0 Å². The van der Waals surface area contributed by atoms with Gasteiger partial charge in [-0.2, -0.15) is 0 Å². The van der Waals surface area contributed by atoms with Crippen molar-refractivity contribution in [1.29, 1.82) is 0 Å². The maximum Gasteiger partial charge on any atom is 0.335 e. The van der Waals surface area contributed by atoms with Crippen LogP contribution in [0.15, 0.2) is 24.3 Å². The van der Waals surface area contributed by atoms with Crippen LogP contribution < -0.4 is 5.73 Å². The third-order valence-electron chi connectivity index (χ3n) is 2.50. The molecule has 0 spiro atoms. The Labute approximate surface area is 103 Å². The zero-order chi connectivity index (χ0) is 13.3. The number of anilines is 1. The quantitative estimate of drug-likeness (QED) is 0.790. The van der Waals surface area contributed by atoms with Crippen LogP contribution in [0.4, 0.5) is 5.69 Å². The van der Waals surface area contributed by atoms with Gasteiger partial charge in [0, 0.05) is 5.69 Å². The molecule has 0 bridgehead atoms. The van der Waals surface area contributed by atoms with Gasteiger partial charge in [-0.05, 0) is 43.9 Å². The highest BCUT2D eigenvalue weighted by Gasteiger charge is 1.98. The van der Waals surface area contributed by atoms with E-state index in [0.29, 0.717) is 5.69 Å². The van der Waals surface area contributed by atoms with Crippen molar-refractivity contribution in [2.75, 3.05) is 25.4 Å². The van der Waals surface area contributed by atoms with Crippen molar-refractivity contribution >= 4 is 11.7 Å². The fourth-order valence-corrected chi connectivity index (χ4v) is 1.30. The predicted octanol–water partition coefficient (Wildman–Crippen LogP) is 2.32. The largest absolute Gasteiger partial charge is 0.478 e. The Kier molecular flexibility index (Phi) is 7.80. The van der Waals surface area contributed by atoms with Gasteiger partial charge in [0.15, 0.2) is 0 Å². The summed E-state index contributed by atoms with van der Waals surface area (Å²) in [5.74, 6) is -0.931. The van der Waals surface area contributed by atoms with Crippen molar-refractivity contribution in [3.63, 3.8) is 0 Å². The van der Waals surface area contributed by atoms with Crippen LogP contribution in [-0.4, -0.2) is 35.6 Å². The summed E-state index contributed by atoms with van der Waals surface area (Å²) in [6.45, 7) is 10.1. The topological polar surface area (TPSA) is 66.6 Å². The number of nitrogen functional groups attached to an aromatic ring is 1. The van der Waals surface area contributed by atoms with E-state index in [1.165, 1.54) is 31.8 Å². The summed E-state index contributed by atoms with van der Waals surface area (Å²) in [7, 11) is 0. The molecular weight excluding hydrogens is 216 g/mol. The van der Waals surface area contributed by atoms with Gasteiger partial charge >= 0.3 is 5.97 Å². The van der Waals surface area contributed by atoms with E-state index in [-0.39, 0.29) is 5.56 Å². The van der Waals surface area contributed by atoms with Gasteiger partial charge in [-0.3, -0.25) is 0 Å². The summed E-state index contributed by atoms with van der Waals surface area (Å²) in [4.78, 5) is 12.6. The smallest absolute Gasteiger partial charge is 0.335 e. The molecule has 0 radical (unpaired) electrons. The molecule has 0 amide bonds. The van der Waals surface area contributed by atoms with Gasteiger partial charge in [-0.1, -0.05) is 20.8 Å². The van der Waals surface area contributed by atoms with Crippen LogP contribution >= 0.6 is 0 Å². The molecule has 1 aromatic carbocycles. The lowest BCUT2D eigenvalue weighted by Gasteiger charge is -2.13. The van der Waals surface area contributed by atoms with E-state index in [4.69, 9.17) is 10.8 Å². The number of nitrogens with two attached hydrogens (primary N) is 1. The van der Waals surface area contributed by atoms with Gasteiger partial charge < -0.3 is 15.7 Å². The van der Waals surface area contributed by atoms with Crippen LogP contribution in [0, 0.1) is 0 Å². The van der Waals surface area contributed by atoms with Crippen molar-refractivity contribution in [3.05, 3.63) is 29.8 Å². The van der Waals surface area contributed by atoms with E-state index in [2.05, 4.69) is 25.7 Å². The Morgan fingerprint density at radius 2 is 1.53 bits per heavy atom. The Morgan fingerprint density at radius 1 is 1.12 bits per heavy atom. The second kappa shape index (κ2) is 8.58. The molecule has 96 valence electrons. The monoisotopic (exact) mass is 238 g/mol. The van der Waals surface area contributed by atoms with Crippen LogP contribution in [0.3, 0.4) is 0 Å². The van der Waals surface area contributed by atoms with Crippen molar-refractivity contribution in [2.24, 2.45) is 0 Å². The van der Waals surface area contributed by atoms with Gasteiger partial charge in [0.1, 0.15) is 0 Å². The van der Waals surface area contributed by atoms with E-state index in [9.17, 15) is 4.79 Å². The standard InChI is InChI=1S/C7H7NO2.C6H15N/c8-6-3-1-5(2-4-6)7(9)10;1-4-7(5-2)6-3/h1-4H,8H2,(H,9,10);4-6H2,1-3H3. The molecule has 0 saturated carbocycles. The van der Waals surface area contributed by atoms with E-state index in [1.54, 1.807) is 12.1 Å².